The summed E-state index contributed by atoms with van der Waals surface area (Å²) in [5, 5.41) is 0. The molecule has 0 aliphatic carbocycles. The van der Waals surface area contributed by atoms with E-state index < -0.39 is 0 Å². The van der Waals surface area contributed by atoms with E-state index in [0.29, 0.717) is 0 Å². The fourth-order valence-corrected chi connectivity index (χ4v) is 2.85. The molecule has 89 valence electrons. The van der Waals surface area contributed by atoms with Crippen molar-refractivity contribution in [2.45, 2.75) is 0 Å². The first-order chi connectivity index (χ1) is 8.40. The molecule has 1 aromatic heterocycles. The second kappa shape index (κ2) is 4.50. The number of aromatic nitrogens is 1. The number of ether oxygens (including phenoxy) is 2. The Morgan fingerprint density at radius 1 is 1.41 bits per heavy atom. The summed E-state index contributed by atoms with van der Waals surface area (Å²) in [6.07, 6.45) is 0. The van der Waals surface area contributed by atoms with E-state index in [9.17, 15) is 0 Å². The van der Waals surface area contributed by atoms with Crippen molar-refractivity contribution in [2.75, 3.05) is 38.3 Å². The molecule has 1 fully saturated rings. The predicted molar refractivity (Wildman–Crippen MR) is 68.0 cm³/mol. The van der Waals surface area contributed by atoms with Gasteiger partial charge in [0.05, 0.1) is 30.7 Å². The summed E-state index contributed by atoms with van der Waals surface area (Å²) in [6.45, 7) is 3.44. The number of thiazole rings is 1. The molecular weight excluding hydrogens is 236 g/mol. The van der Waals surface area contributed by atoms with Crippen LogP contribution in [-0.2, 0) is 4.74 Å². The summed E-state index contributed by atoms with van der Waals surface area (Å²) in [6, 6.07) is 4.07. The van der Waals surface area contributed by atoms with Gasteiger partial charge in [0.2, 0.25) is 0 Å². The van der Waals surface area contributed by atoms with Gasteiger partial charge in [-0.25, -0.2) is 4.98 Å². The van der Waals surface area contributed by atoms with Gasteiger partial charge < -0.3 is 14.4 Å². The minimum Gasteiger partial charge on any atom is -0.494 e. The number of anilines is 1. The van der Waals surface area contributed by atoms with Crippen LogP contribution >= 0.6 is 11.3 Å². The summed E-state index contributed by atoms with van der Waals surface area (Å²) in [5.41, 5.74) is 5.06. The molecule has 2 aromatic rings. The first-order valence-corrected chi connectivity index (χ1v) is 6.38. The highest BCUT2D eigenvalue weighted by atomic mass is 32.1. The van der Waals surface area contributed by atoms with Crippen molar-refractivity contribution >= 4 is 27.2 Å². The van der Waals surface area contributed by atoms with Crippen LogP contribution in [0, 0.1) is 5.51 Å². The molecule has 0 unspecified atom stereocenters. The van der Waals surface area contributed by atoms with Gasteiger partial charge in [-0.3, -0.25) is 0 Å². The normalized spacial score (nSPS) is 16.4. The maximum absolute atomic E-state index is 5.37. The summed E-state index contributed by atoms with van der Waals surface area (Å²) in [5.74, 6) is 0.814. The van der Waals surface area contributed by atoms with Crippen LogP contribution in [0.25, 0.3) is 10.2 Å². The van der Waals surface area contributed by atoms with Crippen LogP contribution in [0.5, 0.6) is 5.75 Å². The summed E-state index contributed by atoms with van der Waals surface area (Å²) in [7, 11) is 1.67. The number of morpholine rings is 1. The lowest BCUT2D eigenvalue weighted by atomic mass is 10.2. The van der Waals surface area contributed by atoms with Gasteiger partial charge in [0.15, 0.2) is 5.51 Å². The number of fused-ring (bicyclic) bond motifs is 1. The summed E-state index contributed by atoms with van der Waals surface area (Å²) < 4.78 is 11.8. The van der Waals surface area contributed by atoms with Gasteiger partial charge in [-0.1, -0.05) is 0 Å². The second-order valence-corrected chi connectivity index (χ2v) is 4.66. The van der Waals surface area contributed by atoms with Gasteiger partial charge in [-0.2, -0.15) is 0 Å². The van der Waals surface area contributed by atoms with Crippen LogP contribution in [-0.4, -0.2) is 38.4 Å². The van der Waals surface area contributed by atoms with Crippen molar-refractivity contribution < 1.29 is 9.47 Å². The first-order valence-electron chi connectivity index (χ1n) is 5.56. The van der Waals surface area contributed by atoms with Crippen molar-refractivity contribution in [3.63, 3.8) is 0 Å². The third-order valence-corrected chi connectivity index (χ3v) is 3.74. The van der Waals surface area contributed by atoms with Crippen LogP contribution < -0.4 is 9.64 Å². The Morgan fingerprint density at radius 3 is 3.00 bits per heavy atom. The van der Waals surface area contributed by atoms with Gasteiger partial charge >= 0.3 is 0 Å². The van der Waals surface area contributed by atoms with Gasteiger partial charge in [-0.15, -0.1) is 11.3 Å². The van der Waals surface area contributed by atoms with Gasteiger partial charge in [0.25, 0.3) is 0 Å². The fourth-order valence-electron chi connectivity index (χ4n) is 2.08. The zero-order valence-electron chi connectivity index (χ0n) is 9.60. The Kier molecular flexibility index (Phi) is 2.86. The van der Waals surface area contributed by atoms with Gasteiger partial charge in [0, 0.05) is 13.1 Å². The lowest BCUT2D eigenvalue weighted by Crippen LogP contribution is -2.36. The molecule has 1 radical (unpaired) electrons. The molecule has 1 aliphatic heterocycles. The lowest BCUT2D eigenvalue weighted by Gasteiger charge is -2.29. The Labute approximate surface area is 104 Å². The molecule has 2 heterocycles. The molecule has 0 bridgehead atoms. The molecule has 5 heteroatoms. The lowest BCUT2D eigenvalue weighted by molar-refractivity contribution is 0.123. The maximum atomic E-state index is 5.37. The van der Waals surface area contributed by atoms with Gasteiger partial charge in [-0.05, 0) is 12.1 Å². The van der Waals surface area contributed by atoms with Crippen molar-refractivity contribution in [2.24, 2.45) is 0 Å². The number of rotatable bonds is 2. The minimum atomic E-state index is 0.788. The predicted octanol–water partition coefficient (Wildman–Crippen LogP) is 1.94. The molecule has 1 aromatic carbocycles. The number of benzene rings is 1. The third kappa shape index (κ3) is 1.85. The van der Waals surface area contributed by atoms with Crippen LogP contribution in [0.3, 0.4) is 0 Å². The highest BCUT2D eigenvalue weighted by Gasteiger charge is 2.17. The number of hydrogen-bond donors (Lipinski definition) is 0. The van der Waals surface area contributed by atoms with Crippen molar-refractivity contribution in [3.8, 4) is 5.75 Å². The number of methoxy groups -OCH3 is 1. The van der Waals surface area contributed by atoms with E-state index >= 15 is 0 Å². The summed E-state index contributed by atoms with van der Waals surface area (Å²) in [4.78, 5) is 6.59. The quantitative estimate of drug-likeness (QED) is 0.814. The highest BCUT2D eigenvalue weighted by molar-refractivity contribution is 7.17. The van der Waals surface area contributed by atoms with Crippen LogP contribution in [0.2, 0.25) is 0 Å². The largest absolute Gasteiger partial charge is 0.494 e. The molecule has 0 saturated carbocycles. The van der Waals surface area contributed by atoms with Gasteiger partial charge in [0.1, 0.15) is 11.3 Å². The Balaban J connectivity index is 2.07. The minimum absolute atomic E-state index is 0.788. The maximum Gasteiger partial charge on any atom is 0.153 e. The van der Waals surface area contributed by atoms with Crippen molar-refractivity contribution in [3.05, 3.63) is 17.6 Å². The second-order valence-electron chi connectivity index (χ2n) is 3.87. The van der Waals surface area contributed by atoms with E-state index in [-0.39, 0.29) is 0 Å². The molecule has 0 spiro atoms. The van der Waals surface area contributed by atoms with Crippen LogP contribution in [0.4, 0.5) is 5.69 Å². The molecule has 3 rings (SSSR count). The number of hydrogen-bond acceptors (Lipinski definition) is 5. The first kappa shape index (κ1) is 10.8. The Hall–Kier alpha value is -1.33. The average molecular weight is 249 g/mol. The zero-order chi connectivity index (χ0) is 11.7. The van der Waals surface area contributed by atoms with E-state index in [2.05, 4.69) is 21.5 Å². The highest BCUT2D eigenvalue weighted by Crippen LogP contribution is 2.35. The average Bonchev–Trinajstić information content (AvgIpc) is 2.88. The molecular formula is C12H13N2O2S. The van der Waals surface area contributed by atoms with E-state index in [0.717, 1.165) is 42.3 Å². The van der Waals surface area contributed by atoms with Crippen molar-refractivity contribution in [1.29, 1.82) is 0 Å². The molecule has 0 amide bonds. The van der Waals surface area contributed by atoms with Crippen molar-refractivity contribution in [1.82, 2.24) is 4.98 Å². The fraction of sp³-hybridized carbons (Fsp3) is 0.417. The molecule has 1 saturated heterocycles. The summed E-state index contributed by atoms with van der Waals surface area (Å²) >= 11 is 1.54. The molecule has 17 heavy (non-hydrogen) atoms. The van der Waals surface area contributed by atoms with E-state index in [1.807, 2.05) is 6.07 Å². The molecule has 0 N–H and O–H groups in total. The van der Waals surface area contributed by atoms with E-state index in [1.165, 1.54) is 17.0 Å². The third-order valence-electron chi connectivity index (χ3n) is 2.95. The smallest absolute Gasteiger partial charge is 0.153 e. The van der Waals surface area contributed by atoms with Crippen LogP contribution in [0.15, 0.2) is 12.1 Å². The Morgan fingerprint density at radius 2 is 2.24 bits per heavy atom. The van der Waals surface area contributed by atoms with E-state index in [4.69, 9.17) is 9.47 Å². The number of nitrogens with zero attached hydrogens (tertiary/aromatic N) is 2. The van der Waals surface area contributed by atoms with E-state index in [1.54, 1.807) is 7.11 Å². The Bertz CT molecular complexity index is 520. The van der Waals surface area contributed by atoms with Crippen LogP contribution in [0.1, 0.15) is 0 Å². The molecule has 0 atom stereocenters. The topological polar surface area (TPSA) is 34.6 Å². The zero-order valence-corrected chi connectivity index (χ0v) is 10.4. The monoisotopic (exact) mass is 249 g/mol. The standard InChI is InChI=1S/C12H13N2O2S/c1-15-10-3-2-9(12-11(10)13-8-17-12)14-4-6-16-7-5-14/h2-3H,4-7H2,1H3. The molecule has 4 nitrogen and oxygen atoms in total. The molecule has 1 aliphatic rings. The SMILES string of the molecule is COc1ccc(N2CCOCC2)c2s[c]nc12.